The average molecular weight is 391 g/mol. The van der Waals surface area contributed by atoms with Crippen LogP contribution in [0.25, 0.3) is 0 Å². The van der Waals surface area contributed by atoms with Crippen LogP contribution in [0.15, 0.2) is 54.6 Å². The first kappa shape index (κ1) is 19.7. The number of hydrogen-bond donors (Lipinski definition) is 0. The lowest BCUT2D eigenvalue weighted by Gasteiger charge is -2.38. The molecular weight excluding hydrogens is 360 g/mol. The van der Waals surface area contributed by atoms with Crippen LogP contribution in [0.4, 0.5) is 0 Å². The Kier molecular flexibility index (Phi) is 5.98. The quantitative estimate of drug-likeness (QED) is 0.792. The van der Waals surface area contributed by atoms with Gasteiger partial charge in [-0.15, -0.1) is 0 Å². The number of benzene rings is 2. The molecule has 4 nitrogen and oxygen atoms in total. The highest BCUT2D eigenvalue weighted by Crippen LogP contribution is 2.33. The van der Waals surface area contributed by atoms with Crippen molar-refractivity contribution in [3.05, 3.63) is 71.3 Å². The molecule has 152 valence electrons. The van der Waals surface area contributed by atoms with Gasteiger partial charge in [-0.25, -0.2) is 0 Å². The first-order valence-electron chi connectivity index (χ1n) is 10.8. The normalized spacial score (nSPS) is 19.7. The number of rotatable bonds is 4. The van der Waals surface area contributed by atoms with Crippen LogP contribution < -0.4 is 0 Å². The third-order valence-electron chi connectivity index (χ3n) is 6.52. The highest BCUT2D eigenvalue weighted by molar-refractivity contribution is 5.80. The molecule has 1 fully saturated rings. The van der Waals surface area contributed by atoms with E-state index in [1.165, 1.54) is 11.1 Å². The molecule has 2 aliphatic rings. The minimum Gasteiger partial charge on any atom is -0.343 e. The second-order valence-electron chi connectivity index (χ2n) is 8.40. The molecule has 2 aromatic carbocycles. The maximum absolute atomic E-state index is 13.1. The van der Waals surface area contributed by atoms with Crippen molar-refractivity contribution in [2.45, 2.75) is 45.1 Å². The maximum atomic E-state index is 13.1. The standard InChI is InChI=1S/C25H30N2O2/c1-19(28)27-16-13-22-9-5-6-10-23(22)24(27)18-25(29)26-14-11-21(12-15-26)17-20-7-3-2-4-8-20/h2-10,21,24H,11-18H2,1H3. The topological polar surface area (TPSA) is 40.6 Å². The predicted octanol–water partition coefficient (Wildman–Crippen LogP) is 4.00. The van der Waals surface area contributed by atoms with Crippen LogP contribution in [0, 0.1) is 5.92 Å². The maximum Gasteiger partial charge on any atom is 0.224 e. The Bertz CT molecular complexity index is 856. The number of fused-ring (bicyclic) bond motifs is 1. The van der Waals surface area contributed by atoms with Crippen LogP contribution in [0.5, 0.6) is 0 Å². The van der Waals surface area contributed by atoms with E-state index in [9.17, 15) is 9.59 Å². The molecule has 4 rings (SSSR count). The van der Waals surface area contributed by atoms with E-state index in [0.717, 1.165) is 44.3 Å². The monoisotopic (exact) mass is 390 g/mol. The molecule has 2 heterocycles. The van der Waals surface area contributed by atoms with Crippen LogP contribution in [0.3, 0.4) is 0 Å². The third-order valence-corrected chi connectivity index (χ3v) is 6.52. The number of carbonyl (C=O) groups is 2. The lowest BCUT2D eigenvalue weighted by molar-refractivity contribution is -0.137. The van der Waals surface area contributed by atoms with Crippen molar-refractivity contribution in [1.82, 2.24) is 9.80 Å². The Labute approximate surface area is 173 Å². The van der Waals surface area contributed by atoms with Crippen LogP contribution >= 0.6 is 0 Å². The van der Waals surface area contributed by atoms with Crippen LogP contribution in [0.2, 0.25) is 0 Å². The fraction of sp³-hybridized carbons (Fsp3) is 0.440. The van der Waals surface area contributed by atoms with Crippen molar-refractivity contribution in [1.29, 1.82) is 0 Å². The van der Waals surface area contributed by atoms with Gasteiger partial charge in [-0.1, -0.05) is 54.6 Å². The van der Waals surface area contributed by atoms with E-state index in [2.05, 4.69) is 42.5 Å². The van der Waals surface area contributed by atoms with Gasteiger partial charge in [0.25, 0.3) is 0 Å². The Morgan fingerprint density at radius 2 is 1.62 bits per heavy atom. The van der Waals surface area contributed by atoms with Crippen LogP contribution in [0.1, 0.15) is 48.9 Å². The number of piperidine rings is 1. The molecule has 1 atom stereocenters. The first-order chi connectivity index (χ1) is 14.1. The summed E-state index contributed by atoms with van der Waals surface area (Å²) in [5.74, 6) is 0.876. The number of carbonyl (C=O) groups excluding carboxylic acids is 2. The molecule has 2 aromatic rings. The van der Waals surface area contributed by atoms with Gasteiger partial charge >= 0.3 is 0 Å². The molecule has 0 spiro atoms. The Hall–Kier alpha value is -2.62. The summed E-state index contributed by atoms with van der Waals surface area (Å²) in [5.41, 5.74) is 3.79. The largest absolute Gasteiger partial charge is 0.343 e. The molecule has 0 N–H and O–H groups in total. The van der Waals surface area contributed by atoms with Gasteiger partial charge in [0.15, 0.2) is 0 Å². The number of likely N-dealkylation sites (tertiary alicyclic amines) is 1. The molecule has 0 radical (unpaired) electrons. The molecular formula is C25H30N2O2. The summed E-state index contributed by atoms with van der Waals surface area (Å²) < 4.78 is 0. The second-order valence-corrected chi connectivity index (χ2v) is 8.40. The van der Waals surface area contributed by atoms with E-state index in [4.69, 9.17) is 0 Å². The Morgan fingerprint density at radius 3 is 2.34 bits per heavy atom. The van der Waals surface area contributed by atoms with Gasteiger partial charge in [-0.2, -0.15) is 0 Å². The fourth-order valence-corrected chi connectivity index (χ4v) is 4.88. The summed E-state index contributed by atoms with van der Waals surface area (Å²) in [7, 11) is 0. The van der Waals surface area contributed by atoms with E-state index in [1.54, 1.807) is 6.92 Å². The number of nitrogens with zero attached hydrogens (tertiary/aromatic N) is 2. The van der Waals surface area contributed by atoms with Gasteiger partial charge in [0.1, 0.15) is 0 Å². The van der Waals surface area contributed by atoms with Crippen molar-refractivity contribution in [3.8, 4) is 0 Å². The Balaban J connectivity index is 1.38. The Morgan fingerprint density at radius 1 is 0.931 bits per heavy atom. The van der Waals surface area contributed by atoms with Crippen molar-refractivity contribution in [3.63, 3.8) is 0 Å². The molecule has 0 aromatic heterocycles. The van der Waals surface area contributed by atoms with Crippen LogP contribution in [-0.4, -0.2) is 41.2 Å². The van der Waals surface area contributed by atoms with E-state index < -0.39 is 0 Å². The van der Waals surface area contributed by atoms with Crippen molar-refractivity contribution < 1.29 is 9.59 Å². The molecule has 0 aliphatic carbocycles. The smallest absolute Gasteiger partial charge is 0.224 e. The van der Waals surface area contributed by atoms with Gasteiger partial charge < -0.3 is 9.80 Å². The van der Waals surface area contributed by atoms with E-state index >= 15 is 0 Å². The molecule has 4 heteroatoms. The second kappa shape index (κ2) is 8.81. The molecule has 2 amide bonds. The lowest BCUT2D eigenvalue weighted by atomic mass is 9.88. The van der Waals surface area contributed by atoms with Crippen LogP contribution in [-0.2, 0) is 22.4 Å². The van der Waals surface area contributed by atoms with Crippen molar-refractivity contribution in [2.24, 2.45) is 5.92 Å². The van der Waals surface area contributed by atoms with Crippen molar-refractivity contribution in [2.75, 3.05) is 19.6 Å². The van der Waals surface area contributed by atoms with Gasteiger partial charge in [0.05, 0.1) is 12.5 Å². The molecule has 1 saturated heterocycles. The van der Waals surface area contributed by atoms with Gasteiger partial charge in [-0.3, -0.25) is 9.59 Å². The minimum atomic E-state index is -0.132. The minimum absolute atomic E-state index is 0.0545. The fourth-order valence-electron chi connectivity index (χ4n) is 4.88. The zero-order chi connectivity index (χ0) is 20.2. The highest BCUT2D eigenvalue weighted by Gasteiger charge is 2.32. The summed E-state index contributed by atoms with van der Waals surface area (Å²) >= 11 is 0. The van der Waals surface area contributed by atoms with Crippen molar-refractivity contribution >= 4 is 11.8 Å². The highest BCUT2D eigenvalue weighted by atomic mass is 16.2. The summed E-state index contributed by atoms with van der Waals surface area (Å²) in [4.78, 5) is 29.2. The summed E-state index contributed by atoms with van der Waals surface area (Å²) in [6, 6.07) is 18.7. The molecule has 1 unspecified atom stereocenters. The lowest BCUT2D eigenvalue weighted by Crippen LogP contribution is -2.44. The molecule has 29 heavy (non-hydrogen) atoms. The average Bonchev–Trinajstić information content (AvgIpc) is 2.75. The predicted molar refractivity (Wildman–Crippen MR) is 114 cm³/mol. The van der Waals surface area contributed by atoms with E-state index in [0.29, 0.717) is 18.9 Å². The number of amides is 2. The third kappa shape index (κ3) is 4.52. The SMILES string of the molecule is CC(=O)N1CCc2ccccc2C1CC(=O)N1CCC(Cc2ccccc2)CC1. The first-order valence-corrected chi connectivity index (χ1v) is 10.8. The van der Waals surface area contributed by atoms with Gasteiger partial charge in [-0.05, 0) is 48.3 Å². The zero-order valence-corrected chi connectivity index (χ0v) is 17.2. The summed E-state index contributed by atoms with van der Waals surface area (Å²) in [5, 5.41) is 0. The molecule has 0 saturated carbocycles. The van der Waals surface area contributed by atoms with E-state index in [1.807, 2.05) is 21.9 Å². The van der Waals surface area contributed by atoms with Gasteiger partial charge in [0.2, 0.25) is 11.8 Å². The number of hydrogen-bond acceptors (Lipinski definition) is 2. The summed E-state index contributed by atoms with van der Waals surface area (Å²) in [6.07, 6.45) is 4.46. The van der Waals surface area contributed by atoms with E-state index in [-0.39, 0.29) is 17.9 Å². The molecule has 0 bridgehead atoms. The summed E-state index contributed by atoms with van der Waals surface area (Å²) in [6.45, 7) is 3.96. The zero-order valence-electron chi connectivity index (χ0n) is 17.2. The van der Waals surface area contributed by atoms with Gasteiger partial charge in [0, 0.05) is 26.6 Å². The molecule has 2 aliphatic heterocycles.